The second-order valence-electron chi connectivity index (χ2n) is 5.98. The Balaban J connectivity index is 1.68. The third-order valence-electron chi connectivity index (χ3n) is 4.13. The van der Waals surface area contributed by atoms with E-state index < -0.39 is 0 Å². The van der Waals surface area contributed by atoms with Gasteiger partial charge in [0.1, 0.15) is 5.75 Å². The van der Waals surface area contributed by atoms with E-state index in [4.69, 9.17) is 4.74 Å². The summed E-state index contributed by atoms with van der Waals surface area (Å²) in [4.78, 5) is 12.4. The maximum Gasteiger partial charge on any atom is 0.319 e. The van der Waals surface area contributed by atoms with Crippen molar-refractivity contribution in [2.75, 3.05) is 7.11 Å². The summed E-state index contributed by atoms with van der Waals surface area (Å²) in [6.07, 6.45) is 3.44. The van der Waals surface area contributed by atoms with Gasteiger partial charge in [0.2, 0.25) is 0 Å². The second kappa shape index (κ2) is 9.25. The van der Waals surface area contributed by atoms with Crippen LogP contribution in [0.1, 0.15) is 22.7 Å². The van der Waals surface area contributed by atoms with Crippen molar-refractivity contribution in [1.29, 1.82) is 0 Å². The van der Waals surface area contributed by atoms with E-state index in [0.29, 0.717) is 0 Å². The topological polar surface area (TPSA) is 50.4 Å². The van der Waals surface area contributed by atoms with Crippen LogP contribution in [0.25, 0.3) is 6.08 Å². The van der Waals surface area contributed by atoms with Gasteiger partial charge in [0.05, 0.1) is 13.2 Å². The van der Waals surface area contributed by atoms with Gasteiger partial charge in [0.25, 0.3) is 0 Å². The fraction of sp³-hybridized carbons (Fsp3) is 0.0870. The molecule has 2 amide bonds. The first-order valence-electron chi connectivity index (χ1n) is 8.74. The van der Waals surface area contributed by atoms with E-state index in [-0.39, 0.29) is 12.1 Å². The predicted molar refractivity (Wildman–Crippen MR) is 108 cm³/mol. The van der Waals surface area contributed by atoms with Crippen LogP contribution >= 0.6 is 0 Å². The van der Waals surface area contributed by atoms with Crippen LogP contribution in [0.2, 0.25) is 0 Å². The molecule has 0 aliphatic rings. The van der Waals surface area contributed by atoms with Crippen molar-refractivity contribution in [2.45, 2.75) is 6.04 Å². The molecule has 0 atom stereocenters. The Morgan fingerprint density at radius 3 is 2.11 bits per heavy atom. The minimum absolute atomic E-state index is 0.224. The van der Waals surface area contributed by atoms with Crippen LogP contribution in [-0.2, 0) is 0 Å². The van der Waals surface area contributed by atoms with E-state index in [1.165, 1.54) is 0 Å². The summed E-state index contributed by atoms with van der Waals surface area (Å²) in [7, 11) is 1.63. The molecule has 0 fully saturated rings. The van der Waals surface area contributed by atoms with Gasteiger partial charge in [-0.15, -0.1) is 0 Å². The van der Waals surface area contributed by atoms with Crippen LogP contribution in [-0.4, -0.2) is 13.1 Å². The average Bonchev–Trinajstić information content (AvgIpc) is 2.73. The number of carbonyl (C=O) groups excluding carboxylic acids is 1. The van der Waals surface area contributed by atoms with E-state index >= 15 is 0 Å². The Kier molecular flexibility index (Phi) is 6.26. The monoisotopic (exact) mass is 358 g/mol. The summed E-state index contributed by atoms with van der Waals surface area (Å²) < 4.78 is 5.20. The van der Waals surface area contributed by atoms with Crippen molar-refractivity contribution in [1.82, 2.24) is 10.6 Å². The highest BCUT2D eigenvalue weighted by Gasteiger charge is 2.15. The third kappa shape index (κ3) is 5.22. The first kappa shape index (κ1) is 18.3. The minimum Gasteiger partial charge on any atom is -0.497 e. The zero-order valence-electron chi connectivity index (χ0n) is 15.1. The zero-order chi connectivity index (χ0) is 18.9. The van der Waals surface area contributed by atoms with Crippen molar-refractivity contribution in [3.63, 3.8) is 0 Å². The van der Waals surface area contributed by atoms with E-state index in [1.807, 2.05) is 91.0 Å². The largest absolute Gasteiger partial charge is 0.497 e. The number of hydrogen-bond acceptors (Lipinski definition) is 2. The molecule has 0 aliphatic heterocycles. The number of amides is 2. The van der Waals surface area contributed by atoms with Gasteiger partial charge < -0.3 is 15.4 Å². The van der Waals surface area contributed by atoms with Gasteiger partial charge in [0.15, 0.2) is 0 Å². The molecule has 0 saturated carbocycles. The highest BCUT2D eigenvalue weighted by molar-refractivity contribution is 5.77. The SMILES string of the molecule is COc1cccc(/C=C/NC(=O)NC(c2ccccc2)c2ccccc2)c1. The predicted octanol–water partition coefficient (Wildman–Crippen LogP) is 4.75. The van der Waals surface area contributed by atoms with Crippen molar-refractivity contribution < 1.29 is 9.53 Å². The van der Waals surface area contributed by atoms with Gasteiger partial charge >= 0.3 is 6.03 Å². The third-order valence-corrected chi connectivity index (χ3v) is 4.13. The molecule has 27 heavy (non-hydrogen) atoms. The Morgan fingerprint density at radius 2 is 1.52 bits per heavy atom. The maximum absolute atomic E-state index is 12.4. The van der Waals surface area contributed by atoms with E-state index in [1.54, 1.807) is 13.3 Å². The van der Waals surface area contributed by atoms with Crippen LogP contribution in [0.15, 0.2) is 91.1 Å². The normalized spacial score (nSPS) is 10.7. The molecule has 4 heteroatoms. The van der Waals surface area contributed by atoms with Gasteiger partial charge in [-0.2, -0.15) is 0 Å². The van der Waals surface area contributed by atoms with E-state index in [0.717, 1.165) is 22.4 Å². The molecular weight excluding hydrogens is 336 g/mol. The van der Waals surface area contributed by atoms with Crippen molar-refractivity contribution in [3.8, 4) is 5.75 Å². The second-order valence-corrected chi connectivity index (χ2v) is 5.98. The smallest absolute Gasteiger partial charge is 0.319 e. The van der Waals surface area contributed by atoms with Crippen LogP contribution in [0.4, 0.5) is 4.79 Å². The van der Waals surface area contributed by atoms with Gasteiger partial charge in [-0.05, 0) is 34.9 Å². The highest BCUT2D eigenvalue weighted by atomic mass is 16.5. The van der Waals surface area contributed by atoms with Crippen LogP contribution < -0.4 is 15.4 Å². The molecule has 2 N–H and O–H groups in total. The lowest BCUT2D eigenvalue weighted by Crippen LogP contribution is -2.35. The Labute approximate surface area is 159 Å². The van der Waals surface area contributed by atoms with Gasteiger partial charge in [-0.1, -0.05) is 72.8 Å². The summed E-state index contributed by atoms with van der Waals surface area (Å²) in [6.45, 7) is 0. The van der Waals surface area contributed by atoms with Crippen molar-refractivity contribution in [2.24, 2.45) is 0 Å². The lowest BCUT2D eigenvalue weighted by molar-refractivity contribution is 0.242. The number of nitrogens with one attached hydrogen (secondary N) is 2. The highest BCUT2D eigenvalue weighted by Crippen LogP contribution is 2.21. The molecule has 3 rings (SSSR count). The summed E-state index contributed by atoms with van der Waals surface area (Å²) in [5.41, 5.74) is 2.99. The number of benzene rings is 3. The number of methoxy groups -OCH3 is 1. The molecule has 136 valence electrons. The minimum atomic E-state index is -0.271. The van der Waals surface area contributed by atoms with Crippen molar-refractivity contribution in [3.05, 3.63) is 108 Å². The standard InChI is InChI=1S/C23H22N2O2/c1-27-21-14-8-9-18(17-21)15-16-24-23(26)25-22(19-10-4-2-5-11-19)20-12-6-3-7-13-20/h2-17,22H,1H3,(H2,24,25,26)/b16-15+. The maximum atomic E-state index is 12.4. The number of urea groups is 1. The fourth-order valence-electron chi connectivity index (χ4n) is 2.78. The number of hydrogen-bond donors (Lipinski definition) is 2. The lowest BCUT2D eigenvalue weighted by atomic mass is 9.99. The quantitative estimate of drug-likeness (QED) is 0.668. The first-order valence-corrected chi connectivity index (χ1v) is 8.74. The molecule has 3 aromatic carbocycles. The molecule has 0 unspecified atom stereocenters. The molecular formula is C23H22N2O2. The molecule has 0 aromatic heterocycles. The number of carbonyl (C=O) groups is 1. The number of ether oxygens (including phenoxy) is 1. The summed E-state index contributed by atoms with van der Waals surface area (Å²) in [5, 5.41) is 5.80. The molecule has 0 aliphatic carbocycles. The zero-order valence-corrected chi connectivity index (χ0v) is 15.1. The van der Waals surface area contributed by atoms with Gasteiger partial charge in [0, 0.05) is 6.20 Å². The molecule has 0 bridgehead atoms. The van der Waals surface area contributed by atoms with Gasteiger partial charge in [-0.25, -0.2) is 4.79 Å². The lowest BCUT2D eigenvalue weighted by Gasteiger charge is -2.19. The Bertz CT molecular complexity index is 853. The average molecular weight is 358 g/mol. The molecule has 3 aromatic rings. The van der Waals surface area contributed by atoms with Crippen molar-refractivity contribution >= 4 is 12.1 Å². The van der Waals surface area contributed by atoms with E-state index in [2.05, 4.69) is 10.6 Å². The molecule has 0 radical (unpaired) electrons. The van der Waals surface area contributed by atoms with Crippen LogP contribution in [0.3, 0.4) is 0 Å². The Hall–Kier alpha value is -3.53. The first-order chi connectivity index (χ1) is 13.3. The molecule has 0 heterocycles. The number of rotatable bonds is 6. The van der Waals surface area contributed by atoms with E-state index in [9.17, 15) is 4.79 Å². The Morgan fingerprint density at radius 1 is 0.889 bits per heavy atom. The van der Waals surface area contributed by atoms with Crippen LogP contribution in [0.5, 0.6) is 5.75 Å². The fourth-order valence-corrected chi connectivity index (χ4v) is 2.78. The van der Waals surface area contributed by atoms with Crippen LogP contribution in [0, 0.1) is 0 Å². The summed E-state index contributed by atoms with van der Waals surface area (Å²) >= 11 is 0. The molecule has 0 saturated heterocycles. The molecule has 0 spiro atoms. The summed E-state index contributed by atoms with van der Waals surface area (Å²) in [5.74, 6) is 0.773. The summed E-state index contributed by atoms with van der Waals surface area (Å²) in [6, 6.07) is 26.9. The molecule has 4 nitrogen and oxygen atoms in total. The van der Waals surface area contributed by atoms with Gasteiger partial charge in [-0.3, -0.25) is 0 Å².